The van der Waals surface area contributed by atoms with Gasteiger partial charge in [0.25, 0.3) is 0 Å². The Hall–Kier alpha value is -0.770. The van der Waals surface area contributed by atoms with E-state index in [0.717, 1.165) is 17.9 Å². The van der Waals surface area contributed by atoms with Crippen molar-refractivity contribution in [2.75, 3.05) is 20.2 Å². The minimum absolute atomic E-state index is 0.536. The number of aliphatic hydroxyl groups is 1. The Labute approximate surface area is 139 Å². The summed E-state index contributed by atoms with van der Waals surface area (Å²) in [5, 5.41) is 11.2. The fraction of sp³-hybridized carbons (Fsp3) is 0.667. The molecule has 1 unspecified atom stereocenters. The van der Waals surface area contributed by atoms with E-state index in [1.807, 2.05) is 19.1 Å². The first kappa shape index (κ1) is 17.6. The quantitative estimate of drug-likeness (QED) is 0.805. The second-order valence-electron chi connectivity index (χ2n) is 6.19. The fourth-order valence-corrected chi connectivity index (χ4v) is 3.43. The Morgan fingerprint density at radius 1 is 1.32 bits per heavy atom. The van der Waals surface area contributed by atoms with Crippen molar-refractivity contribution in [3.05, 3.63) is 28.8 Å². The van der Waals surface area contributed by atoms with Crippen LogP contribution in [0.1, 0.15) is 57.1 Å². The molecule has 0 saturated heterocycles. The molecule has 0 aliphatic heterocycles. The van der Waals surface area contributed by atoms with E-state index < -0.39 is 6.10 Å². The third kappa shape index (κ3) is 4.87. The van der Waals surface area contributed by atoms with E-state index in [2.05, 4.69) is 11.9 Å². The van der Waals surface area contributed by atoms with Gasteiger partial charge >= 0.3 is 0 Å². The van der Waals surface area contributed by atoms with Crippen molar-refractivity contribution in [3.63, 3.8) is 0 Å². The summed E-state index contributed by atoms with van der Waals surface area (Å²) in [6, 6.07) is 6.14. The third-order valence-electron chi connectivity index (χ3n) is 4.58. The number of rotatable bonds is 7. The van der Waals surface area contributed by atoms with Crippen LogP contribution in [-0.2, 0) is 0 Å². The molecular formula is C18H28ClNO2. The van der Waals surface area contributed by atoms with Gasteiger partial charge in [-0.2, -0.15) is 0 Å². The van der Waals surface area contributed by atoms with Crippen molar-refractivity contribution >= 4 is 11.6 Å². The molecule has 1 aromatic rings. The molecule has 0 radical (unpaired) electrons. The largest absolute Gasteiger partial charge is 0.493 e. The van der Waals surface area contributed by atoms with E-state index in [-0.39, 0.29) is 0 Å². The SMILES string of the molecule is CCOc1ccc(Cl)cc1C(O)CCN(C)C1CCCCC1. The lowest BCUT2D eigenvalue weighted by Crippen LogP contribution is -2.34. The molecule has 1 atom stereocenters. The second-order valence-corrected chi connectivity index (χ2v) is 6.63. The summed E-state index contributed by atoms with van der Waals surface area (Å²) in [4.78, 5) is 2.40. The minimum atomic E-state index is -0.536. The molecule has 0 aromatic heterocycles. The van der Waals surface area contributed by atoms with Crippen LogP contribution in [0.15, 0.2) is 18.2 Å². The molecule has 1 fully saturated rings. The van der Waals surface area contributed by atoms with E-state index >= 15 is 0 Å². The van der Waals surface area contributed by atoms with E-state index in [0.29, 0.717) is 24.1 Å². The topological polar surface area (TPSA) is 32.7 Å². The van der Waals surface area contributed by atoms with Crippen molar-refractivity contribution in [2.45, 2.75) is 57.6 Å². The van der Waals surface area contributed by atoms with Crippen molar-refractivity contribution in [3.8, 4) is 5.75 Å². The molecule has 0 spiro atoms. The van der Waals surface area contributed by atoms with E-state index in [1.165, 1.54) is 32.1 Å². The molecule has 1 aliphatic rings. The van der Waals surface area contributed by atoms with Crippen molar-refractivity contribution in [2.24, 2.45) is 0 Å². The predicted molar refractivity (Wildman–Crippen MR) is 91.7 cm³/mol. The van der Waals surface area contributed by atoms with Gasteiger partial charge in [-0.25, -0.2) is 0 Å². The Morgan fingerprint density at radius 2 is 2.05 bits per heavy atom. The van der Waals surface area contributed by atoms with Gasteiger partial charge < -0.3 is 14.7 Å². The highest BCUT2D eigenvalue weighted by atomic mass is 35.5. The monoisotopic (exact) mass is 325 g/mol. The maximum Gasteiger partial charge on any atom is 0.125 e. The zero-order valence-electron chi connectivity index (χ0n) is 13.7. The van der Waals surface area contributed by atoms with Crippen LogP contribution in [0, 0.1) is 0 Å². The van der Waals surface area contributed by atoms with Crippen LogP contribution in [0.25, 0.3) is 0 Å². The van der Waals surface area contributed by atoms with Gasteiger partial charge in [0.1, 0.15) is 5.75 Å². The number of ether oxygens (including phenoxy) is 1. The van der Waals surface area contributed by atoms with E-state index in [9.17, 15) is 5.11 Å². The summed E-state index contributed by atoms with van der Waals surface area (Å²) in [6.45, 7) is 3.43. The first-order valence-electron chi connectivity index (χ1n) is 8.42. The van der Waals surface area contributed by atoms with E-state index in [4.69, 9.17) is 16.3 Å². The molecule has 4 heteroatoms. The normalized spacial score (nSPS) is 17.7. The van der Waals surface area contributed by atoms with Gasteiger partial charge in [-0.15, -0.1) is 0 Å². The molecule has 0 bridgehead atoms. The molecule has 124 valence electrons. The Bertz CT molecular complexity index is 460. The number of benzene rings is 1. The first-order chi connectivity index (χ1) is 10.6. The third-order valence-corrected chi connectivity index (χ3v) is 4.82. The van der Waals surface area contributed by atoms with Crippen LogP contribution >= 0.6 is 11.6 Å². The highest BCUT2D eigenvalue weighted by Crippen LogP contribution is 2.31. The molecule has 1 aliphatic carbocycles. The fourth-order valence-electron chi connectivity index (χ4n) is 3.25. The van der Waals surface area contributed by atoms with Gasteiger partial charge in [0, 0.05) is 23.2 Å². The number of hydrogen-bond acceptors (Lipinski definition) is 3. The van der Waals surface area contributed by atoms with Gasteiger partial charge in [0.2, 0.25) is 0 Å². The zero-order chi connectivity index (χ0) is 15.9. The van der Waals surface area contributed by atoms with Crippen molar-refractivity contribution < 1.29 is 9.84 Å². The molecule has 0 amide bonds. The molecule has 2 rings (SSSR count). The summed E-state index contributed by atoms with van der Waals surface area (Å²) in [5.74, 6) is 0.736. The zero-order valence-corrected chi connectivity index (χ0v) is 14.5. The van der Waals surface area contributed by atoms with Gasteiger partial charge in [0.15, 0.2) is 0 Å². The lowest BCUT2D eigenvalue weighted by atomic mass is 9.94. The van der Waals surface area contributed by atoms with Crippen LogP contribution in [0.3, 0.4) is 0 Å². The summed E-state index contributed by atoms with van der Waals surface area (Å²) in [5.41, 5.74) is 0.798. The molecular weight excluding hydrogens is 298 g/mol. The highest BCUT2D eigenvalue weighted by Gasteiger charge is 2.20. The lowest BCUT2D eigenvalue weighted by molar-refractivity contribution is 0.122. The first-order valence-corrected chi connectivity index (χ1v) is 8.80. The maximum absolute atomic E-state index is 10.5. The predicted octanol–water partition coefficient (Wildman–Crippen LogP) is 4.43. The van der Waals surface area contributed by atoms with Crippen LogP contribution in [0.4, 0.5) is 0 Å². The summed E-state index contributed by atoms with van der Waals surface area (Å²) >= 11 is 6.07. The molecule has 1 N–H and O–H groups in total. The van der Waals surface area contributed by atoms with Crippen LogP contribution in [0.5, 0.6) is 5.75 Å². The van der Waals surface area contributed by atoms with Crippen molar-refractivity contribution in [1.82, 2.24) is 4.90 Å². The Balaban J connectivity index is 1.93. The average molecular weight is 326 g/mol. The van der Waals surface area contributed by atoms with Crippen LogP contribution in [-0.4, -0.2) is 36.2 Å². The highest BCUT2D eigenvalue weighted by molar-refractivity contribution is 6.30. The number of aliphatic hydroxyl groups excluding tert-OH is 1. The smallest absolute Gasteiger partial charge is 0.125 e. The average Bonchev–Trinajstić information content (AvgIpc) is 2.55. The summed E-state index contributed by atoms with van der Waals surface area (Å²) in [7, 11) is 2.17. The number of hydrogen-bond donors (Lipinski definition) is 1. The maximum atomic E-state index is 10.5. The Morgan fingerprint density at radius 3 is 2.73 bits per heavy atom. The van der Waals surface area contributed by atoms with Gasteiger partial charge in [-0.3, -0.25) is 0 Å². The van der Waals surface area contributed by atoms with Gasteiger partial charge in [-0.05, 0) is 51.4 Å². The lowest BCUT2D eigenvalue weighted by Gasteiger charge is -2.31. The molecule has 1 saturated carbocycles. The van der Waals surface area contributed by atoms with E-state index in [1.54, 1.807) is 6.07 Å². The standard InChI is InChI=1S/C18H28ClNO2/c1-3-22-18-10-9-14(19)13-16(18)17(21)11-12-20(2)15-7-5-4-6-8-15/h9-10,13,15,17,21H,3-8,11-12H2,1-2H3. The number of nitrogens with zero attached hydrogens (tertiary/aromatic N) is 1. The van der Waals surface area contributed by atoms with Gasteiger partial charge in [-0.1, -0.05) is 30.9 Å². The van der Waals surface area contributed by atoms with Crippen LogP contribution < -0.4 is 4.74 Å². The minimum Gasteiger partial charge on any atom is -0.493 e. The summed E-state index contributed by atoms with van der Waals surface area (Å²) < 4.78 is 5.60. The van der Waals surface area contributed by atoms with Gasteiger partial charge in [0.05, 0.1) is 12.7 Å². The van der Waals surface area contributed by atoms with Crippen LogP contribution in [0.2, 0.25) is 5.02 Å². The molecule has 3 nitrogen and oxygen atoms in total. The summed E-state index contributed by atoms with van der Waals surface area (Å²) in [6.07, 6.45) is 6.77. The molecule has 0 heterocycles. The van der Waals surface area contributed by atoms with Crippen molar-refractivity contribution in [1.29, 1.82) is 0 Å². The molecule has 1 aromatic carbocycles. The Kier molecular flexibility index (Phi) is 7.00. The number of halogens is 1. The second kappa shape index (κ2) is 8.76. The molecule has 22 heavy (non-hydrogen) atoms.